The lowest BCUT2D eigenvalue weighted by Gasteiger charge is -2.47. The Balaban J connectivity index is 2.11. The van der Waals surface area contributed by atoms with Gasteiger partial charge in [-0.25, -0.2) is 4.39 Å². The van der Waals surface area contributed by atoms with Gasteiger partial charge in [0.25, 0.3) is 5.91 Å². The van der Waals surface area contributed by atoms with E-state index < -0.39 is 47.9 Å². The van der Waals surface area contributed by atoms with E-state index in [2.05, 4.69) is 10.4 Å². The van der Waals surface area contributed by atoms with E-state index in [4.69, 9.17) is 5.73 Å². The van der Waals surface area contributed by atoms with Crippen LogP contribution in [-0.4, -0.2) is 45.4 Å². The molecule has 3 N–H and O–H groups in total. The van der Waals surface area contributed by atoms with Crippen molar-refractivity contribution in [3.8, 4) is 6.07 Å². The number of primary amides is 1. The zero-order valence-electron chi connectivity index (χ0n) is 17.2. The number of halogens is 4. The molecule has 1 saturated heterocycles. The van der Waals surface area contributed by atoms with Crippen LogP contribution in [0, 0.1) is 29.0 Å². The second-order valence-electron chi connectivity index (χ2n) is 7.66. The third-order valence-corrected chi connectivity index (χ3v) is 5.64. The maximum atomic E-state index is 13.7. The molecule has 2 heterocycles. The molecule has 13 heteroatoms. The number of alkyl halides is 3. The van der Waals surface area contributed by atoms with E-state index in [0.717, 1.165) is 29.9 Å². The largest absolute Gasteiger partial charge is 0.530 e. The first kappa shape index (κ1) is 23.8. The fourth-order valence-electron chi connectivity index (χ4n) is 3.96. The summed E-state index contributed by atoms with van der Waals surface area (Å²) >= 11 is 0. The number of nitrogens with zero attached hydrogens (tertiary/aromatic N) is 4. The van der Waals surface area contributed by atoms with Gasteiger partial charge in [0.2, 0.25) is 0 Å². The molecule has 0 spiro atoms. The van der Waals surface area contributed by atoms with Crippen LogP contribution in [0.4, 0.5) is 33.9 Å². The van der Waals surface area contributed by atoms with Crippen LogP contribution in [0.1, 0.15) is 29.7 Å². The number of carbonyl (C=O) groups excluding carboxylic acids is 2. The van der Waals surface area contributed by atoms with E-state index in [0.29, 0.717) is 10.6 Å². The molecule has 4 atom stereocenters. The van der Waals surface area contributed by atoms with Crippen LogP contribution in [0.3, 0.4) is 0 Å². The van der Waals surface area contributed by atoms with Gasteiger partial charge in [-0.2, -0.15) is 23.5 Å². The second-order valence-corrected chi connectivity index (χ2v) is 7.66. The molecule has 1 aliphatic rings. The molecule has 3 rings (SSSR count). The molecular weight excluding hydrogens is 448 g/mol. The zero-order valence-corrected chi connectivity index (χ0v) is 17.2. The van der Waals surface area contributed by atoms with Gasteiger partial charge in [-0.3, -0.25) is 9.48 Å². The van der Waals surface area contributed by atoms with Gasteiger partial charge in [0.05, 0.1) is 30.0 Å². The van der Waals surface area contributed by atoms with Gasteiger partial charge in [-0.1, -0.05) is 6.92 Å². The molecule has 33 heavy (non-hydrogen) atoms. The first-order valence-corrected chi connectivity index (χ1v) is 9.79. The van der Waals surface area contributed by atoms with Gasteiger partial charge in [0.1, 0.15) is 17.5 Å². The average Bonchev–Trinajstić information content (AvgIpc) is 3.16. The Morgan fingerprint density at radius 3 is 2.48 bits per heavy atom. The van der Waals surface area contributed by atoms with Crippen LogP contribution in [0.5, 0.6) is 0 Å². The van der Waals surface area contributed by atoms with Crippen LogP contribution in [-0.2, 0) is 0 Å². The maximum Gasteiger partial charge on any atom is 0.393 e. The third kappa shape index (κ3) is 4.84. The highest BCUT2D eigenvalue weighted by atomic mass is 19.4. The number of carbonyl (C=O) groups is 2. The normalized spacial score (nSPS) is 21.8. The number of piperidine rings is 1. The predicted molar refractivity (Wildman–Crippen MR) is 104 cm³/mol. The topological polar surface area (TPSA) is 140 Å². The van der Waals surface area contributed by atoms with Crippen LogP contribution in [0.25, 0.3) is 0 Å². The molecule has 1 aliphatic heterocycles. The molecule has 1 aromatic heterocycles. The number of hydrogen-bond donors (Lipinski definition) is 2. The third-order valence-electron chi connectivity index (χ3n) is 5.64. The number of likely N-dealkylation sites (tertiary alicyclic amines) is 1. The van der Waals surface area contributed by atoms with Crippen LogP contribution in [0.2, 0.25) is 0 Å². The predicted octanol–water partition coefficient (Wildman–Crippen LogP) is 2.16. The molecule has 0 bridgehead atoms. The first-order valence-electron chi connectivity index (χ1n) is 9.79. The summed E-state index contributed by atoms with van der Waals surface area (Å²) in [6, 6.07) is 3.73. The van der Waals surface area contributed by atoms with Gasteiger partial charge < -0.3 is 25.9 Å². The van der Waals surface area contributed by atoms with Crippen molar-refractivity contribution in [2.24, 2.45) is 17.6 Å². The zero-order chi connectivity index (χ0) is 24.5. The lowest BCUT2D eigenvalue weighted by atomic mass is 9.80. The number of anilines is 2. The molecule has 4 unspecified atom stereocenters. The Morgan fingerprint density at radius 2 is 1.97 bits per heavy atom. The lowest BCUT2D eigenvalue weighted by molar-refractivity contribution is -0.277. The Hall–Kier alpha value is -3.82. The molecule has 0 saturated carbocycles. The highest BCUT2D eigenvalue weighted by molar-refractivity contribution is 5.98. The maximum absolute atomic E-state index is 13.7. The van der Waals surface area contributed by atoms with Crippen molar-refractivity contribution in [3.05, 3.63) is 41.8 Å². The van der Waals surface area contributed by atoms with Crippen molar-refractivity contribution in [3.63, 3.8) is 0 Å². The summed E-state index contributed by atoms with van der Waals surface area (Å²) in [5.41, 5.74) is 5.49. The number of amides is 2. The molecule has 176 valence electrons. The van der Waals surface area contributed by atoms with Crippen LogP contribution in [0.15, 0.2) is 30.5 Å². The summed E-state index contributed by atoms with van der Waals surface area (Å²) in [6.45, 7) is 0.482. The fraction of sp³-hybridized carbons (Fsp3) is 0.400. The van der Waals surface area contributed by atoms with E-state index >= 15 is 0 Å². The van der Waals surface area contributed by atoms with Gasteiger partial charge in [0, 0.05) is 18.4 Å². The standard InChI is InChI=1S/C20H20F4N6O3/c1-10(20(22,23)24)15-16(11(8-25)6-7-29(15)19(32)33)30-9-14(17(26)31)18(28-30)27-13-4-2-12(21)3-5-13/h2-5,9-11,15-16H,6-7H2,1H3,(H2,26,31)(H,27,28)(H,32,33)/p-1. The summed E-state index contributed by atoms with van der Waals surface area (Å²) < 4.78 is 55.1. The average molecular weight is 467 g/mol. The van der Waals surface area contributed by atoms with Crippen molar-refractivity contribution in [1.29, 1.82) is 5.26 Å². The van der Waals surface area contributed by atoms with Gasteiger partial charge in [-0.05, 0) is 30.7 Å². The van der Waals surface area contributed by atoms with E-state index in [9.17, 15) is 37.5 Å². The smallest absolute Gasteiger partial charge is 0.393 e. The molecule has 1 fully saturated rings. The Labute approximate surface area is 185 Å². The minimum Gasteiger partial charge on any atom is -0.530 e. The second kappa shape index (κ2) is 8.97. The number of nitrogens with two attached hydrogens (primary N) is 1. The van der Waals surface area contributed by atoms with Crippen molar-refractivity contribution in [2.45, 2.75) is 31.6 Å². The Kier molecular flexibility index (Phi) is 6.48. The Morgan fingerprint density at radius 1 is 1.33 bits per heavy atom. The molecule has 2 amide bonds. The Bertz CT molecular complexity index is 1080. The minimum absolute atomic E-state index is 0.0668. The summed E-state index contributed by atoms with van der Waals surface area (Å²) in [7, 11) is 0. The summed E-state index contributed by atoms with van der Waals surface area (Å²) in [5, 5.41) is 28.1. The van der Waals surface area contributed by atoms with Crippen LogP contribution < -0.4 is 16.2 Å². The quantitative estimate of drug-likeness (QED) is 0.646. The molecule has 0 aliphatic carbocycles. The highest BCUT2D eigenvalue weighted by Crippen LogP contribution is 2.42. The highest BCUT2D eigenvalue weighted by Gasteiger charge is 2.51. The van der Waals surface area contributed by atoms with Crippen molar-refractivity contribution < 1.29 is 32.3 Å². The summed E-state index contributed by atoms with van der Waals surface area (Å²) in [6.07, 6.45) is -5.60. The van der Waals surface area contributed by atoms with Gasteiger partial charge >= 0.3 is 6.18 Å². The molecule has 0 radical (unpaired) electrons. The van der Waals surface area contributed by atoms with E-state index in [1.54, 1.807) is 0 Å². The minimum atomic E-state index is -4.79. The molecular formula is C20H19F4N6O3-. The first-order chi connectivity index (χ1) is 15.4. The van der Waals surface area contributed by atoms with Crippen molar-refractivity contribution in [2.75, 3.05) is 11.9 Å². The number of carboxylic acid groups (broad SMARTS) is 1. The van der Waals surface area contributed by atoms with E-state index in [-0.39, 0.29) is 24.3 Å². The number of nitriles is 1. The van der Waals surface area contributed by atoms with Crippen molar-refractivity contribution in [1.82, 2.24) is 14.7 Å². The van der Waals surface area contributed by atoms with Gasteiger partial charge in [-0.15, -0.1) is 0 Å². The van der Waals surface area contributed by atoms with Gasteiger partial charge in [0.15, 0.2) is 5.82 Å². The number of hydrogen-bond acceptors (Lipinski definition) is 6. The SMILES string of the molecule is CC(C1C(n2cc(C(N)=O)c(Nc3ccc(F)cc3)n2)C(C#N)CCN1C(=O)[O-])C(F)(F)F. The van der Waals surface area contributed by atoms with E-state index in [1.165, 1.54) is 12.1 Å². The van der Waals surface area contributed by atoms with E-state index in [1.807, 2.05) is 6.07 Å². The fourth-order valence-corrected chi connectivity index (χ4v) is 3.96. The van der Waals surface area contributed by atoms with Crippen molar-refractivity contribution >= 4 is 23.5 Å². The number of nitrogens with one attached hydrogen (secondary N) is 1. The number of benzene rings is 1. The number of aromatic nitrogens is 2. The molecule has 2 aromatic rings. The lowest BCUT2D eigenvalue weighted by Crippen LogP contribution is -2.60. The molecule has 1 aromatic carbocycles. The summed E-state index contributed by atoms with van der Waals surface area (Å²) in [4.78, 5) is 24.1. The molecule has 9 nitrogen and oxygen atoms in total. The summed E-state index contributed by atoms with van der Waals surface area (Å²) in [5.74, 6) is -4.85. The number of rotatable bonds is 5. The van der Waals surface area contributed by atoms with Crippen LogP contribution >= 0.6 is 0 Å². The monoisotopic (exact) mass is 467 g/mol.